The number of halogens is 2. The van der Waals surface area contributed by atoms with Crippen LogP contribution in [0.2, 0.25) is 0 Å². The largest absolute Gasteiger partial charge is 0.367 e. The van der Waals surface area contributed by atoms with Gasteiger partial charge in [0, 0.05) is 75.2 Å². The molecule has 0 saturated carbocycles. The Hall–Kier alpha value is -2.22. The molecule has 3 aliphatic rings. The second kappa shape index (κ2) is 37.5. The molecule has 7 atom stereocenters. The van der Waals surface area contributed by atoms with Gasteiger partial charge in [0.2, 0.25) is 31.1 Å². The van der Waals surface area contributed by atoms with Gasteiger partial charge in [0.25, 0.3) is 0 Å². The molecule has 3 fully saturated rings. The van der Waals surface area contributed by atoms with E-state index in [-0.39, 0.29) is 60.7 Å². The Balaban J connectivity index is 0.000000488. The number of unbranched alkanes of at least 4 members (excludes halogenated alkanes) is 18. The molecule has 3 heterocycles. The molecule has 0 bridgehead atoms. The van der Waals surface area contributed by atoms with Crippen LogP contribution in [0, 0.1) is 5.92 Å². The van der Waals surface area contributed by atoms with Gasteiger partial charge in [-0.1, -0.05) is 96.8 Å². The minimum atomic E-state index is -3.87. The average molecular weight is 1030 g/mol. The van der Waals surface area contributed by atoms with Gasteiger partial charge < -0.3 is 36.4 Å². The van der Waals surface area contributed by atoms with Crippen LogP contribution < -0.4 is 31.9 Å². The third-order valence-corrected chi connectivity index (χ3v) is 17.1. The van der Waals surface area contributed by atoms with Crippen molar-refractivity contribution in [3.8, 4) is 0 Å². The Morgan fingerprint density at radius 3 is 1.56 bits per heavy atom. The molecule has 0 radical (unpaired) electrons. The van der Waals surface area contributed by atoms with E-state index in [4.69, 9.17) is 0 Å². The molecule has 6 N–H and O–H groups in total. The number of carbonyl (C=O) groups excluding carboxylic acids is 5. The summed E-state index contributed by atoms with van der Waals surface area (Å²) in [6.07, 6.45) is 27.1. The predicted molar refractivity (Wildman–Crippen MR) is 274 cm³/mol. The molecule has 2 unspecified atom stereocenters. The van der Waals surface area contributed by atoms with Crippen molar-refractivity contribution in [2.75, 3.05) is 51.0 Å². The summed E-state index contributed by atoms with van der Waals surface area (Å²) in [5.41, 5.74) is 0. The molecule has 68 heavy (non-hydrogen) atoms. The molecular weight excluding hydrogens is 933 g/mol. The fraction of sp³-hybridized carbons (Fsp3) is 0.898. The van der Waals surface area contributed by atoms with Crippen LogP contribution in [-0.4, -0.2) is 104 Å². The number of rotatable bonds is 40. The molecule has 396 valence electrons. The topological polar surface area (TPSA) is 201 Å². The van der Waals surface area contributed by atoms with Crippen LogP contribution in [0.25, 0.3) is 0 Å². The normalized spacial score (nSPS) is 21.3. The smallest absolute Gasteiger partial charge is 0.356 e. The van der Waals surface area contributed by atoms with E-state index in [0.717, 1.165) is 154 Å². The molecule has 3 aliphatic heterocycles. The first kappa shape index (κ1) is 61.9. The maximum absolute atomic E-state index is 13.4. The second-order valence-corrected chi connectivity index (χ2v) is 25.0. The Morgan fingerprint density at radius 2 is 1.06 bits per heavy atom. The molecule has 19 heteroatoms. The number of amides is 6. The molecule has 0 aliphatic carbocycles. The second-order valence-electron chi connectivity index (χ2n) is 19.4. The van der Waals surface area contributed by atoms with E-state index in [9.17, 15) is 41.5 Å². The van der Waals surface area contributed by atoms with Crippen molar-refractivity contribution in [3.63, 3.8) is 0 Å². The zero-order valence-electron chi connectivity index (χ0n) is 42.2. The van der Waals surface area contributed by atoms with Crippen LogP contribution >= 0.6 is 26.9 Å². The highest BCUT2D eigenvalue weighted by molar-refractivity contribution is 8.00. The molecular formula is C49H92F2N6O8P2S. The van der Waals surface area contributed by atoms with Crippen LogP contribution in [0.3, 0.4) is 0 Å². The van der Waals surface area contributed by atoms with Crippen molar-refractivity contribution in [2.45, 2.75) is 223 Å². The SMILES string of the molecule is CCOP(=O)(F)CCCCCCCCCC(=O)NCCCCCNC(=O)CCCC[C@@H]1SC[C@@H]2NC(=O)N[C@@H]21.C[C@@H]1CC(=O)N[C@@H]1CCCCCC(=O)NCCCCCCCCCCP(C)(=O)F. The maximum Gasteiger partial charge on any atom is 0.367 e. The van der Waals surface area contributed by atoms with Crippen molar-refractivity contribution < 1.29 is 46.0 Å². The lowest BCUT2D eigenvalue weighted by molar-refractivity contribution is -0.122. The third kappa shape index (κ3) is 32.6. The molecule has 0 aromatic heterocycles. The van der Waals surface area contributed by atoms with Crippen LogP contribution in [0.15, 0.2) is 0 Å². The van der Waals surface area contributed by atoms with E-state index in [0.29, 0.717) is 62.4 Å². The monoisotopic (exact) mass is 1020 g/mol. The third-order valence-electron chi connectivity index (χ3n) is 13.0. The maximum atomic E-state index is 13.4. The van der Waals surface area contributed by atoms with Gasteiger partial charge in [0.1, 0.15) is 0 Å². The summed E-state index contributed by atoms with van der Waals surface area (Å²) in [7, 11) is -7.19. The highest BCUT2D eigenvalue weighted by atomic mass is 32.2. The van der Waals surface area contributed by atoms with Crippen molar-refractivity contribution >= 4 is 56.6 Å². The zero-order valence-corrected chi connectivity index (χ0v) is 44.8. The molecule has 0 aromatic rings. The molecule has 3 saturated heterocycles. The average Bonchev–Trinajstić information content (AvgIpc) is 3.94. The minimum absolute atomic E-state index is 0.0129. The summed E-state index contributed by atoms with van der Waals surface area (Å²) in [5.74, 6) is 1.91. The standard InChI is InChI=1S/C27H50FN4O5PS.C22H42FN2O3P/c1-2-37-38(28,36)20-14-7-5-3-4-6-9-16-24(33)29-18-12-8-13-19-30-25(34)17-11-10-15-23-26-22(21-39-23)31-27(35)32-26;1-19-18-22(27)25-20(19)14-10-9-11-15-21(26)24-16-12-7-5-3-4-6-8-13-17-29(2,23)28/h22-23,26H,2-21H2,1H3,(H,29,33)(H,30,34)(H2,31,32,35);19-20H,3-18H2,1-2H3,(H,24,26)(H,25,27)/t22-,23-,26-,38?;19-,20-,29?/m01/s1. The molecule has 3 rings (SSSR count). The number of hydrogen-bond donors (Lipinski definition) is 6. The Morgan fingerprint density at radius 1 is 0.618 bits per heavy atom. The van der Waals surface area contributed by atoms with E-state index in [1.165, 1.54) is 19.5 Å². The van der Waals surface area contributed by atoms with Gasteiger partial charge in [-0.25, -0.2) is 4.79 Å². The lowest BCUT2D eigenvalue weighted by Gasteiger charge is -2.16. The van der Waals surface area contributed by atoms with E-state index >= 15 is 0 Å². The summed E-state index contributed by atoms with van der Waals surface area (Å²) in [5, 5.41) is 18.4. The number of fused-ring (bicyclic) bond motifs is 1. The zero-order chi connectivity index (χ0) is 49.9. The first-order valence-corrected chi connectivity index (χ1v) is 31.5. The number of thioether (sulfide) groups is 1. The van der Waals surface area contributed by atoms with Crippen LogP contribution in [-0.2, 0) is 32.8 Å². The van der Waals surface area contributed by atoms with E-state index in [1.54, 1.807) is 6.92 Å². The summed E-state index contributed by atoms with van der Waals surface area (Å²) < 4.78 is 53.3. The van der Waals surface area contributed by atoms with Gasteiger partial charge in [-0.05, 0) is 83.5 Å². The van der Waals surface area contributed by atoms with Gasteiger partial charge in [0.05, 0.1) is 24.9 Å². The summed E-state index contributed by atoms with van der Waals surface area (Å²) in [4.78, 5) is 58.6. The summed E-state index contributed by atoms with van der Waals surface area (Å²) >= 11 is 1.91. The minimum Gasteiger partial charge on any atom is -0.356 e. The van der Waals surface area contributed by atoms with Crippen LogP contribution in [0.4, 0.5) is 13.2 Å². The quantitative estimate of drug-likeness (QED) is 0.0196. The highest BCUT2D eigenvalue weighted by Crippen LogP contribution is 2.49. The summed E-state index contributed by atoms with van der Waals surface area (Å²) in [6, 6.07) is 0.748. The lowest BCUT2D eigenvalue weighted by Crippen LogP contribution is -2.36. The number of carbonyl (C=O) groups is 5. The molecule has 14 nitrogen and oxygen atoms in total. The number of urea groups is 1. The van der Waals surface area contributed by atoms with Crippen molar-refractivity contribution in [2.24, 2.45) is 5.92 Å². The lowest BCUT2D eigenvalue weighted by atomic mass is 9.97. The van der Waals surface area contributed by atoms with Crippen molar-refractivity contribution in [1.29, 1.82) is 0 Å². The Labute approximate surface area is 413 Å². The highest BCUT2D eigenvalue weighted by Gasteiger charge is 2.42. The van der Waals surface area contributed by atoms with Crippen molar-refractivity contribution in [1.82, 2.24) is 31.9 Å². The predicted octanol–water partition coefficient (Wildman–Crippen LogP) is 11.0. The first-order chi connectivity index (χ1) is 32.6. The van der Waals surface area contributed by atoms with Crippen LogP contribution in [0.5, 0.6) is 0 Å². The van der Waals surface area contributed by atoms with Crippen molar-refractivity contribution in [3.05, 3.63) is 0 Å². The number of hydrogen-bond acceptors (Lipinski definition) is 9. The van der Waals surface area contributed by atoms with Gasteiger partial charge in [-0.2, -0.15) is 20.2 Å². The number of nitrogens with one attached hydrogen (secondary N) is 6. The summed E-state index contributed by atoms with van der Waals surface area (Å²) in [6.45, 7) is 7.22. The first-order valence-electron chi connectivity index (χ1n) is 26.6. The fourth-order valence-corrected chi connectivity index (χ4v) is 12.4. The molecule has 0 spiro atoms. The Bertz CT molecular complexity index is 1530. The van der Waals surface area contributed by atoms with Gasteiger partial charge >= 0.3 is 13.7 Å². The van der Waals surface area contributed by atoms with E-state index in [2.05, 4.69) is 43.3 Å². The van der Waals surface area contributed by atoms with Gasteiger partial charge in [-0.15, -0.1) is 0 Å². The van der Waals surface area contributed by atoms with Crippen LogP contribution in [0.1, 0.15) is 200 Å². The van der Waals surface area contributed by atoms with Gasteiger partial charge in [-0.3, -0.25) is 28.3 Å². The Kier molecular flexibility index (Phi) is 34.2. The van der Waals surface area contributed by atoms with Gasteiger partial charge in [0.15, 0.2) is 0 Å². The van der Waals surface area contributed by atoms with E-state index in [1.807, 2.05) is 11.8 Å². The molecule has 0 aromatic carbocycles. The fourth-order valence-electron chi connectivity index (χ4n) is 8.98. The molecule has 6 amide bonds. The van der Waals surface area contributed by atoms with E-state index < -0.39 is 15.1 Å².